The molecule has 5 heteroatoms. The van der Waals surface area contributed by atoms with Crippen molar-refractivity contribution in [3.8, 4) is 0 Å². The van der Waals surface area contributed by atoms with Crippen LogP contribution >= 0.6 is 11.6 Å². The van der Waals surface area contributed by atoms with Gasteiger partial charge in [0.1, 0.15) is 5.82 Å². The fourth-order valence-electron chi connectivity index (χ4n) is 2.09. The summed E-state index contributed by atoms with van der Waals surface area (Å²) in [5, 5.41) is 6.01. The van der Waals surface area contributed by atoms with Gasteiger partial charge >= 0.3 is 0 Å². The van der Waals surface area contributed by atoms with Gasteiger partial charge in [0, 0.05) is 24.3 Å². The summed E-state index contributed by atoms with van der Waals surface area (Å²) in [6.45, 7) is 2.49. The highest BCUT2D eigenvalue weighted by atomic mass is 35.5. The molecule has 0 aliphatic carbocycles. The monoisotopic (exact) mass is 320 g/mol. The Balaban J connectivity index is 1.84. The topological polar surface area (TPSA) is 41.1 Å². The van der Waals surface area contributed by atoms with Gasteiger partial charge in [-0.1, -0.05) is 36.7 Å². The molecule has 0 aromatic heterocycles. The predicted molar refractivity (Wildman–Crippen MR) is 89.0 cm³/mol. The first-order chi connectivity index (χ1) is 10.6. The average molecular weight is 321 g/mol. The molecular formula is C17H18ClFN2O. The Morgan fingerprint density at radius 1 is 1.23 bits per heavy atom. The Kier molecular flexibility index (Phi) is 5.78. The second-order valence-electron chi connectivity index (χ2n) is 4.86. The first-order valence-electron chi connectivity index (χ1n) is 7.17. The zero-order chi connectivity index (χ0) is 15.9. The molecule has 0 spiro atoms. The van der Waals surface area contributed by atoms with Crippen LogP contribution in [0.1, 0.15) is 18.9 Å². The van der Waals surface area contributed by atoms with Gasteiger partial charge in [0.25, 0.3) is 0 Å². The molecule has 0 saturated heterocycles. The minimum absolute atomic E-state index is 0.0614. The normalized spacial score (nSPS) is 10.3. The number of aryl methyl sites for hydroxylation is 1. The third-order valence-electron chi connectivity index (χ3n) is 3.27. The predicted octanol–water partition coefficient (Wildman–Crippen LogP) is 4.48. The number of hydrogen-bond acceptors (Lipinski definition) is 2. The molecule has 0 aliphatic heterocycles. The van der Waals surface area contributed by atoms with E-state index in [1.807, 2.05) is 31.2 Å². The number of benzene rings is 2. The van der Waals surface area contributed by atoms with Crippen molar-refractivity contribution in [2.24, 2.45) is 0 Å². The number of carbonyl (C=O) groups is 1. The van der Waals surface area contributed by atoms with Crippen LogP contribution in [0.5, 0.6) is 0 Å². The van der Waals surface area contributed by atoms with Crippen molar-refractivity contribution in [1.82, 2.24) is 0 Å². The molecule has 0 heterocycles. The standard InChI is InChI=1S/C17H18ClFN2O/c1-2-12-5-3-4-6-16(12)21-17(22)9-10-20-13-7-8-15(19)14(18)11-13/h3-8,11,20H,2,9-10H2,1H3,(H,21,22). The number of amides is 1. The molecule has 2 rings (SSSR count). The lowest BCUT2D eigenvalue weighted by molar-refractivity contribution is -0.115. The van der Waals surface area contributed by atoms with Crippen molar-refractivity contribution < 1.29 is 9.18 Å². The molecule has 2 aromatic rings. The average Bonchev–Trinajstić information content (AvgIpc) is 2.51. The summed E-state index contributed by atoms with van der Waals surface area (Å²) in [4.78, 5) is 12.0. The zero-order valence-corrected chi connectivity index (χ0v) is 13.1. The number of rotatable bonds is 6. The van der Waals surface area contributed by atoms with Gasteiger partial charge in [-0.3, -0.25) is 4.79 Å². The second kappa shape index (κ2) is 7.80. The number of para-hydroxylation sites is 1. The summed E-state index contributed by atoms with van der Waals surface area (Å²) in [7, 11) is 0. The zero-order valence-electron chi connectivity index (χ0n) is 12.3. The summed E-state index contributed by atoms with van der Waals surface area (Å²) in [6, 6.07) is 12.1. The first kappa shape index (κ1) is 16.3. The van der Waals surface area contributed by atoms with E-state index in [2.05, 4.69) is 10.6 Å². The molecule has 0 aliphatic rings. The summed E-state index contributed by atoms with van der Waals surface area (Å²) in [6.07, 6.45) is 1.18. The smallest absolute Gasteiger partial charge is 0.226 e. The minimum atomic E-state index is -0.457. The summed E-state index contributed by atoms with van der Waals surface area (Å²) in [5.41, 5.74) is 2.64. The van der Waals surface area contributed by atoms with Crippen molar-refractivity contribution in [2.75, 3.05) is 17.2 Å². The van der Waals surface area contributed by atoms with Gasteiger partial charge in [-0.05, 0) is 36.2 Å². The van der Waals surface area contributed by atoms with E-state index in [0.717, 1.165) is 17.7 Å². The van der Waals surface area contributed by atoms with E-state index in [1.54, 1.807) is 6.07 Å². The van der Waals surface area contributed by atoms with E-state index in [9.17, 15) is 9.18 Å². The molecule has 2 N–H and O–H groups in total. The van der Waals surface area contributed by atoms with E-state index in [1.165, 1.54) is 12.1 Å². The number of carbonyl (C=O) groups excluding carboxylic acids is 1. The lowest BCUT2D eigenvalue weighted by atomic mass is 10.1. The number of hydrogen-bond donors (Lipinski definition) is 2. The number of halogens is 2. The molecule has 116 valence electrons. The molecule has 0 radical (unpaired) electrons. The molecule has 0 saturated carbocycles. The minimum Gasteiger partial charge on any atom is -0.384 e. The van der Waals surface area contributed by atoms with Crippen LogP contribution in [-0.2, 0) is 11.2 Å². The highest BCUT2D eigenvalue weighted by molar-refractivity contribution is 6.31. The molecule has 0 bridgehead atoms. The Labute approximate surface area is 134 Å². The maximum absolute atomic E-state index is 13.0. The Bertz CT molecular complexity index is 661. The maximum Gasteiger partial charge on any atom is 0.226 e. The molecule has 22 heavy (non-hydrogen) atoms. The largest absolute Gasteiger partial charge is 0.384 e. The summed E-state index contributed by atoms with van der Waals surface area (Å²) in [5.74, 6) is -0.525. The van der Waals surface area contributed by atoms with Gasteiger partial charge in [-0.2, -0.15) is 0 Å². The SMILES string of the molecule is CCc1ccccc1NC(=O)CCNc1ccc(F)c(Cl)c1. The van der Waals surface area contributed by atoms with Gasteiger partial charge in [0.15, 0.2) is 0 Å². The van der Waals surface area contributed by atoms with Crippen LogP contribution in [0.15, 0.2) is 42.5 Å². The van der Waals surface area contributed by atoms with Crippen LogP contribution in [0, 0.1) is 5.82 Å². The molecule has 0 atom stereocenters. The van der Waals surface area contributed by atoms with Gasteiger partial charge in [0.05, 0.1) is 5.02 Å². The van der Waals surface area contributed by atoms with Crippen LogP contribution in [0.2, 0.25) is 5.02 Å². The van der Waals surface area contributed by atoms with Gasteiger partial charge in [-0.25, -0.2) is 4.39 Å². The van der Waals surface area contributed by atoms with Crippen molar-refractivity contribution >= 4 is 28.9 Å². The van der Waals surface area contributed by atoms with Crippen LogP contribution < -0.4 is 10.6 Å². The third kappa shape index (κ3) is 4.46. The van der Waals surface area contributed by atoms with Crippen molar-refractivity contribution in [3.63, 3.8) is 0 Å². The molecule has 1 amide bonds. The molecule has 0 fully saturated rings. The lowest BCUT2D eigenvalue weighted by Gasteiger charge is -2.10. The highest BCUT2D eigenvalue weighted by Crippen LogP contribution is 2.19. The fourth-order valence-corrected chi connectivity index (χ4v) is 2.27. The van der Waals surface area contributed by atoms with Crippen LogP contribution in [-0.4, -0.2) is 12.5 Å². The molecule has 0 unspecified atom stereocenters. The third-order valence-corrected chi connectivity index (χ3v) is 3.56. The quantitative estimate of drug-likeness (QED) is 0.823. The Hall–Kier alpha value is -2.07. The van der Waals surface area contributed by atoms with Crippen molar-refractivity contribution in [2.45, 2.75) is 19.8 Å². The van der Waals surface area contributed by atoms with Crippen LogP contribution in [0.3, 0.4) is 0 Å². The van der Waals surface area contributed by atoms with Crippen molar-refractivity contribution in [3.05, 3.63) is 58.9 Å². The van der Waals surface area contributed by atoms with Crippen LogP contribution in [0.25, 0.3) is 0 Å². The van der Waals surface area contributed by atoms with Gasteiger partial charge in [0.2, 0.25) is 5.91 Å². The fraction of sp³-hybridized carbons (Fsp3) is 0.235. The Morgan fingerprint density at radius 3 is 2.73 bits per heavy atom. The van der Waals surface area contributed by atoms with E-state index < -0.39 is 5.82 Å². The van der Waals surface area contributed by atoms with Crippen molar-refractivity contribution in [1.29, 1.82) is 0 Å². The van der Waals surface area contributed by atoms with E-state index in [-0.39, 0.29) is 10.9 Å². The molecule has 2 aromatic carbocycles. The lowest BCUT2D eigenvalue weighted by Crippen LogP contribution is -2.17. The van der Waals surface area contributed by atoms with Gasteiger partial charge in [-0.15, -0.1) is 0 Å². The number of nitrogens with one attached hydrogen (secondary N) is 2. The molecule has 3 nitrogen and oxygen atoms in total. The summed E-state index contributed by atoms with van der Waals surface area (Å²) >= 11 is 5.70. The first-order valence-corrected chi connectivity index (χ1v) is 7.54. The molecular weight excluding hydrogens is 303 g/mol. The van der Waals surface area contributed by atoms with Gasteiger partial charge < -0.3 is 10.6 Å². The second-order valence-corrected chi connectivity index (χ2v) is 5.27. The maximum atomic E-state index is 13.0. The van der Waals surface area contributed by atoms with E-state index >= 15 is 0 Å². The van der Waals surface area contributed by atoms with E-state index in [4.69, 9.17) is 11.6 Å². The summed E-state index contributed by atoms with van der Waals surface area (Å²) < 4.78 is 13.0. The van der Waals surface area contributed by atoms with Crippen LogP contribution in [0.4, 0.5) is 15.8 Å². The Morgan fingerprint density at radius 2 is 2.00 bits per heavy atom. The van der Waals surface area contributed by atoms with E-state index in [0.29, 0.717) is 18.7 Å². The highest BCUT2D eigenvalue weighted by Gasteiger charge is 2.06. The number of anilines is 2.